The lowest BCUT2D eigenvalue weighted by Gasteiger charge is -2.17. The molecule has 1 aliphatic heterocycles. The van der Waals surface area contributed by atoms with Crippen LogP contribution in [0.1, 0.15) is 11.1 Å². The van der Waals surface area contributed by atoms with Crippen molar-refractivity contribution in [1.29, 1.82) is 0 Å². The summed E-state index contributed by atoms with van der Waals surface area (Å²) < 4.78 is 5.22. The minimum atomic E-state index is 0.892. The molecule has 0 radical (unpaired) electrons. The van der Waals surface area contributed by atoms with Gasteiger partial charge in [-0.3, -0.25) is 0 Å². The summed E-state index contributed by atoms with van der Waals surface area (Å²) in [5, 5.41) is 3.15. The van der Waals surface area contributed by atoms with Crippen LogP contribution in [0.15, 0.2) is 30.5 Å². The van der Waals surface area contributed by atoms with Crippen LogP contribution in [0, 0.1) is 0 Å². The summed E-state index contributed by atoms with van der Waals surface area (Å²) in [7, 11) is 1.69. The van der Waals surface area contributed by atoms with Crippen LogP contribution in [-0.2, 0) is 11.3 Å². The van der Waals surface area contributed by atoms with Crippen LogP contribution < -0.4 is 5.32 Å². The van der Waals surface area contributed by atoms with Gasteiger partial charge >= 0.3 is 0 Å². The topological polar surface area (TPSA) is 21.3 Å². The molecule has 0 fully saturated rings. The standard InChI is InChI=1S/C10H11NO/c1-12-10-7-11-6-8-4-2-3-5-9(8)10/h2-5,7,11H,6H2,1H3. The monoisotopic (exact) mass is 161 g/mol. The number of hydrogen-bond acceptors (Lipinski definition) is 2. The van der Waals surface area contributed by atoms with Gasteiger partial charge < -0.3 is 10.1 Å². The SMILES string of the molecule is COC1=CNCc2ccccc21. The van der Waals surface area contributed by atoms with E-state index in [2.05, 4.69) is 17.4 Å². The van der Waals surface area contributed by atoms with E-state index in [4.69, 9.17) is 4.74 Å². The molecule has 12 heavy (non-hydrogen) atoms. The maximum absolute atomic E-state index is 5.22. The number of ether oxygens (including phenoxy) is 1. The van der Waals surface area contributed by atoms with Crippen LogP contribution >= 0.6 is 0 Å². The van der Waals surface area contributed by atoms with Crippen LogP contribution in [0.5, 0.6) is 0 Å². The van der Waals surface area contributed by atoms with E-state index in [9.17, 15) is 0 Å². The molecule has 1 heterocycles. The van der Waals surface area contributed by atoms with Gasteiger partial charge in [-0.1, -0.05) is 24.3 Å². The number of rotatable bonds is 1. The van der Waals surface area contributed by atoms with Crippen molar-refractivity contribution in [3.8, 4) is 0 Å². The number of nitrogens with one attached hydrogen (secondary N) is 1. The zero-order valence-electron chi connectivity index (χ0n) is 7.00. The summed E-state index contributed by atoms with van der Waals surface area (Å²) in [6, 6.07) is 8.25. The molecule has 2 rings (SSSR count). The van der Waals surface area contributed by atoms with E-state index >= 15 is 0 Å². The van der Waals surface area contributed by atoms with E-state index < -0.39 is 0 Å². The summed E-state index contributed by atoms with van der Waals surface area (Å²) in [6.45, 7) is 0.892. The summed E-state index contributed by atoms with van der Waals surface area (Å²) >= 11 is 0. The molecule has 1 aliphatic rings. The van der Waals surface area contributed by atoms with Crippen LogP contribution in [0.25, 0.3) is 5.76 Å². The molecular formula is C10H11NO. The largest absolute Gasteiger partial charge is 0.495 e. The molecule has 2 nitrogen and oxygen atoms in total. The lowest BCUT2D eigenvalue weighted by Crippen LogP contribution is -2.13. The third-order valence-electron chi connectivity index (χ3n) is 2.03. The Bertz CT molecular complexity index is 317. The highest BCUT2D eigenvalue weighted by molar-refractivity contribution is 5.64. The van der Waals surface area contributed by atoms with Crippen molar-refractivity contribution in [1.82, 2.24) is 5.32 Å². The molecule has 0 unspecified atom stereocenters. The molecule has 0 saturated heterocycles. The Morgan fingerprint density at radius 3 is 3.00 bits per heavy atom. The Labute approximate surface area is 71.9 Å². The van der Waals surface area contributed by atoms with Gasteiger partial charge in [-0.25, -0.2) is 0 Å². The van der Waals surface area contributed by atoms with Gasteiger partial charge in [0.2, 0.25) is 0 Å². The fourth-order valence-electron chi connectivity index (χ4n) is 1.42. The first-order chi connectivity index (χ1) is 5.92. The zero-order chi connectivity index (χ0) is 8.39. The smallest absolute Gasteiger partial charge is 0.142 e. The molecule has 0 amide bonds. The predicted molar refractivity (Wildman–Crippen MR) is 48.3 cm³/mol. The van der Waals surface area contributed by atoms with E-state index in [0.717, 1.165) is 12.3 Å². The fourth-order valence-corrected chi connectivity index (χ4v) is 1.42. The van der Waals surface area contributed by atoms with Crippen molar-refractivity contribution in [2.24, 2.45) is 0 Å². The molecule has 1 aromatic carbocycles. The Morgan fingerprint density at radius 2 is 2.17 bits per heavy atom. The van der Waals surface area contributed by atoms with Crippen molar-refractivity contribution in [3.05, 3.63) is 41.6 Å². The van der Waals surface area contributed by atoms with Crippen molar-refractivity contribution in [2.45, 2.75) is 6.54 Å². The molecule has 0 saturated carbocycles. The van der Waals surface area contributed by atoms with Gasteiger partial charge in [0.25, 0.3) is 0 Å². The van der Waals surface area contributed by atoms with Gasteiger partial charge in [-0.05, 0) is 5.56 Å². The van der Waals surface area contributed by atoms with Gasteiger partial charge in [-0.15, -0.1) is 0 Å². The van der Waals surface area contributed by atoms with Crippen LogP contribution in [-0.4, -0.2) is 7.11 Å². The molecule has 2 heteroatoms. The van der Waals surface area contributed by atoms with E-state index in [1.165, 1.54) is 11.1 Å². The first-order valence-corrected chi connectivity index (χ1v) is 3.97. The molecular weight excluding hydrogens is 150 g/mol. The van der Waals surface area contributed by atoms with Crippen molar-refractivity contribution in [2.75, 3.05) is 7.11 Å². The van der Waals surface area contributed by atoms with Gasteiger partial charge in [0.05, 0.1) is 7.11 Å². The van der Waals surface area contributed by atoms with E-state index in [1.807, 2.05) is 18.3 Å². The highest BCUT2D eigenvalue weighted by atomic mass is 16.5. The summed E-state index contributed by atoms with van der Waals surface area (Å²) in [5.41, 5.74) is 2.48. The minimum absolute atomic E-state index is 0.892. The normalized spacial score (nSPS) is 14.2. The number of fused-ring (bicyclic) bond motifs is 1. The van der Waals surface area contributed by atoms with Crippen molar-refractivity contribution >= 4 is 5.76 Å². The summed E-state index contributed by atoms with van der Waals surface area (Å²) in [4.78, 5) is 0. The number of methoxy groups -OCH3 is 1. The molecule has 0 aromatic heterocycles. The van der Waals surface area contributed by atoms with Crippen LogP contribution in [0.2, 0.25) is 0 Å². The summed E-state index contributed by atoms with van der Waals surface area (Å²) in [6.07, 6.45) is 1.91. The molecule has 0 spiro atoms. The molecule has 0 atom stereocenters. The van der Waals surface area contributed by atoms with Gasteiger partial charge in [0, 0.05) is 18.3 Å². The second-order valence-corrected chi connectivity index (χ2v) is 2.75. The highest BCUT2D eigenvalue weighted by Crippen LogP contribution is 2.21. The number of benzene rings is 1. The Kier molecular flexibility index (Phi) is 1.74. The Balaban J connectivity index is 2.48. The minimum Gasteiger partial charge on any atom is -0.495 e. The third-order valence-corrected chi connectivity index (χ3v) is 2.03. The van der Waals surface area contributed by atoms with Gasteiger partial charge in [0.15, 0.2) is 0 Å². The molecule has 0 bridgehead atoms. The number of hydrogen-bond donors (Lipinski definition) is 1. The average molecular weight is 161 g/mol. The lowest BCUT2D eigenvalue weighted by atomic mass is 10.0. The second-order valence-electron chi connectivity index (χ2n) is 2.75. The Hall–Kier alpha value is -1.44. The third kappa shape index (κ3) is 1.05. The quantitative estimate of drug-likeness (QED) is 0.677. The molecule has 1 aromatic rings. The molecule has 62 valence electrons. The van der Waals surface area contributed by atoms with Gasteiger partial charge in [0.1, 0.15) is 5.76 Å². The maximum Gasteiger partial charge on any atom is 0.142 e. The van der Waals surface area contributed by atoms with Gasteiger partial charge in [-0.2, -0.15) is 0 Å². The van der Waals surface area contributed by atoms with E-state index in [0.29, 0.717) is 0 Å². The Morgan fingerprint density at radius 1 is 1.33 bits per heavy atom. The second kappa shape index (κ2) is 2.89. The maximum atomic E-state index is 5.22. The van der Waals surface area contributed by atoms with Crippen molar-refractivity contribution in [3.63, 3.8) is 0 Å². The van der Waals surface area contributed by atoms with Crippen LogP contribution in [0.3, 0.4) is 0 Å². The summed E-state index contributed by atoms with van der Waals surface area (Å²) in [5.74, 6) is 0.914. The first kappa shape index (κ1) is 7.22. The first-order valence-electron chi connectivity index (χ1n) is 3.97. The van der Waals surface area contributed by atoms with E-state index in [1.54, 1.807) is 7.11 Å². The molecule has 0 aliphatic carbocycles. The fraction of sp³-hybridized carbons (Fsp3) is 0.200. The van der Waals surface area contributed by atoms with Crippen molar-refractivity contribution < 1.29 is 4.74 Å². The highest BCUT2D eigenvalue weighted by Gasteiger charge is 2.10. The zero-order valence-corrected chi connectivity index (χ0v) is 7.00. The van der Waals surface area contributed by atoms with Crippen LogP contribution in [0.4, 0.5) is 0 Å². The lowest BCUT2D eigenvalue weighted by molar-refractivity contribution is 0.365. The van der Waals surface area contributed by atoms with E-state index in [-0.39, 0.29) is 0 Å². The predicted octanol–water partition coefficient (Wildman–Crippen LogP) is 1.73. The molecule has 1 N–H and O–H groups in total. The average Bonchev–Trinajstić information content (AvgIpc) is 2.17.